The van der Waals surface area contributed by atoms with Crippen molar-refractivity contribution in [2.24, 2.45) is 5.92 Å². The molecule has 0 bridgehead atoms. The maximum Gasteiger partial charge on any atom is 0.306 e. The highest BCUT2D eigenvalue weighted by atomic mass is 16.6. The Morgan fingerprint density at radius 3 is 1.83 bits per heavy atom. The van der Waals surface area contributed by atoms with Crippen molar-refractivity contribution in [1.82, 2.24) is 0 Å². The van der Waals surface area contributed by atoms with Gasteiger partial charge < -0.3 is 19.0 Å². The second kappa shape index (κ2) is 10.1. The van der Waals surface area contributed by atoms with E-state index in [1.165, 1.54) is 0 Å². The predicted octanol–water partition coefficient (Wildman–Crippen LogP) is 1.95. The van der Waals surface area contributed by atoms with Crippen LogP contribution < -0.4 is 0 Å². The number of carbonyl (C=O) groups is 4. The third-order valence-electron chi connectivity index (χ3n) is 4.00. The summed E-state index contributed by atoms with van der Waals surface area (Å²) < 4.78 is 16.2. The highest BCUT2D eigenvalue weighted by Gasteiger charge is 2.44. The van der Waals surface area contributed by atoms with E-state index in [0.29, 0.717) is 25.5 Å². The van der Waals surface area contributed by atoms with Crippen molar-refractivity contribution in [2.45, 2.75) is 77.6 Å². The molecule has 7 nitrogen and oxygen atoms in total. The Morgan fingerprint density at radius 1 is 0.833 bits per heavy atom. The highest BCUT2D eigenvalue weighted by molar-refractivity contribution is 5.71. The first-order valence-electron chi connectivity index (χ1n) is 8.50. The summed E-state index contributed by atoms with van der Waals surface area (Å²) in [6.45, 7) is 4.93. The number of carbonyl (C=O) groups excluding carboxylic acids is 4. The SMILES string of the molecule is CCC(=O)OC1CCCC(C=O)C(OC(=O)CC)C1OC(=O)CC. The lowest BCUT2D eigenvalue weighted by Gasteiger charge is -2.32. The maximum absolute atomic E-state index is 11.8. The van der Waals surface area contributed by atoms with E-state index < -0.39 is 42.1 Å². The van der Waals surface area contributed by atoms with Gasteiger partial charge in [-0.1, -0.05) is 20.8 Å². The molecule has 0 aromatic carbocycles. The van der Waals surface area contributed by atoms with Crippen LogP contribution in [0.5, 0.6) is 0 Å². The molecule has 1 aliphatic carbocycles. The van der Waals surface area contributed by atoms with Gasteiger partial charge in [0.25, 0.3) is 0 Å². The summed E-state index contributed by atoms with van der Waals surface area (Å²) in [5, 5.41) is 0. The van der Waals surface area contributed by atoms with E-state index in [0.717, 1.165) is 0 Å². The monoisotopic (exact) mass is 342 g/mol. The first-order valence-corrected chi connectivity index (χ1v) is 8.50. The summed E-state index contributed by atoms with van der Waals surface area (Å²) in [6.07, 6.45) is 0.0400. The molecule has 0 aromatic rings. The second-order valence-corrected chi connectivity index (χ2v) is 5.73. The number of hydrogen-bond donors (Lipinski definition) is 0. The van der Waals surface area contributed by atoms with Gasteiger partial charge in [-0.2, -0.15) is 0 Å². The smallest absolute Gasteiger partial charge is 0.306 e. The zero-order chi connectivity index (χ0) is 18.1. The summed E-state index contributed by atoms with van der Waals surface area (Å²) in [7, 11) is 0. The third-order valence-corrected chi connectivity index (χ3v) is 4.00. The molecular weight excluding hydrogens is 316 g/mol. The molecule has 24 heavy (non-hydrogen) atoms. The topological polar surface area (TPSA) is 96.0 Å². The van der Waals surface area contributed by atoms with Gasteiger partial charge in [0.05, 0.1) is 5.92 Å². The van der Waals surface area contributed by atoms with Gasteiger partial charge in [0.15, 0.2) is 12.2 Å². The zero-order valence-corrected chi connectivity index (χ0v) is 14.5. The summed E-state index contributed by atoms with van der Waals surface area (Å²) in [6, 6.07) is 0. The van der Waals surface area contributed by atoms with E-state index in [4.69, 9.17) is 14.2 Å². The number of rotatable bonds is 7. The van der Waals surface area contributed by atoms with Gasteiger partial charge in [-0.3, -0.25) is 14.4 Å². The molecule has 1 fully saturated rings. The van der Waals surface area contributed by atoms with Crippen LogP contribution in [0.3, 0.4) is 0 Å². The van der Waals surface area contributed by atoms with E-state index in [2.05, 4.69) is 0 Å². The molecule has 0 aromatic heterocycles. The minimum atomic E-state index is -0.971. The molecule has 0 radical (unpaired) electrons. The Kier molecular flexibility index (Phi) is 8.43. The van der Waals surface area contributed by atoms with E-state index in [9.17, 15) is 19.2 Å². The largest absolute Gasteiger partial charge is 0.458 e. The van der Waals surface area contributed by atoms with Crippen molar-refractivity contribution in [1.29, 1.82) is 0 Å². The van der Waals surface area contributed by atoms with Gasteiger partial charge in [-0.05, 0) is 19.3 Å². The summed E-state index contributed by atoms with van der Waals surface area (Å²) in [5.41, 5.74) is 0. The van der Waals surface area contributed by atoms with Crippen LogP contribution in [0, 0.1) is 5.92 Å². The standard InChI is InChI=1S/C17H26O7/c1-4-13(19)22-12-9-7-8-11(10-18)16(23-14(20)5-2)17(12)24-15(21)6-3/h10-12,16-17H,4-9H2,1-3H3. The Morgan fingerprint density at radius 2 is 1.33 bits per heavy atom. The van der Waals surface area contributed by atoms with E-state index in [-0.39, 0.29) is 19.3 Å². The number of esters is 3. The fraction of sp³-hybridized carbons (Fsp3) is 0.765. The molecule has 7 heteroatoms. The van der Waals surface area contributed by atoms with E-state index in [1.54, 1.807) is 20.8 Å². The highest BCUT2D eigenvalue weighted by Crippen LogP contribution is 2.30. The van der Waals surface area contributed by atoms with Crippen molar-refractivity contribution in [3.05, 3.63) is 0 Å². The van der Waals surface area contributed by atoms with Crippen LogP contribution in [-0.2, 0) is 33.4 Å². The average molecular weight is 342 g/mol. The molecule has 136 valence electrons. The summed E-state index contributed by atoms with van der Waals surface area (Å²) >= 11 is 0. The van der Waals surface area contributed by atoms with Crippen molar-refractivity contribution < 1.29 is 33.4 Å². The van der Waals surface area contributed by atoms with Crippen molar-refractivity contribution >= 4 is 24.2 Å². The van der Waals surface area contributed by atoms with E-state index in [1.807, 2.05) is 0 Å². The maximum atomic E-state index is 11.8. The Labute approximate surface area is 142 Å². The van der Waals surface area contributed by atoms with Gasteiger partial charge in [0, 0.05) is 19.3 Å². The first-order chi connectivity index (χ1) is 11.5. The van der Waals surface area contributed by atoms with Crippen LogP contribution in [0.1, 0.15) is 59.3 Å². The fourth-order valence-electron chi connectivity index (χ4n) is 2.63. The summed E-state index contributed by atoms with van der Waals surface area (Å²) in [4.78, 5) is 46.7. The van der Waals surface area contributed by atoms with Gasteiger partial charge >= 0.3 is 17.9 Å². The van der Waals surface area contributed by atoms with Crippen LogP contribution >= 0.6 is 0 Å². The van der Waals surface area contributed by atoms with Crippen LogP contribution in [0.2, 0.25) is 0 Å². The number of aldehydes is 1. The van der Waals surface area contributed by atoms with Crippen LogP contribution in [-0.4, -0.2) is 42.5 Å². The Bertz CT molecular complexity index is 460. The van der Waals surface area contributed by atoms with Crippen LogP contribution in [0.25, 0.3) is 0 Å². The quantitative estimate of drug-likeness (QED) is 0.302. The molecule has 0 heterocycles. The Balaban J connectivity index is 3.12. The summed E-state index contributed by atoms with van der Waals surface area (Å²) in [5.74, 6) is -2.02. The average Bonchev–Trinajstić information content (AvgIpc) is 2.74. The number of hydrogen-bond acceptors (Lipinski definition) is 7. The molecular formula is C17H26O7. The molecule has 0 N–H and O–H groups in total. The van der Waals surface area contributed by atoms with Crippen LogP contribution in [0.15, 0.2) is 0 Å². The molecule has 1 saturated carbocycles. The fourth-order valence-corrected chi connectivity index (χ4v) is 2.63. The van der Waals surface area contributed by atoms with Crippen molar-refractivity contribution in [3.63, 3.8) is 0 Å². The molecule has 4 atom stereocenters. The molecule has 0 saturated heterocycles. The molecule has 1 aliphatic rings. The minimum Gasteiger partial charge on any atom is -0.458 e. The normalized spacial score (nSPS) is 26.8. The zero-order valence-electron chi connectivity index (χ0n) is 14.5. The third kappa shape index (κ3) is 5.62. The van der Waals surface area contributed by atoms with Gasteiger partial charge in [0.2, 0.25) is 0 Å². The minimum absolute atomic E-state index is 0.130. The first kappa shape index (κ1) is 20.1. The molecule has 1 rings (SSSR count). The lowest BCUT2D eigenvalue weighted by atomic mass is 9.96. The second-order valence-electron chi connectivity index (χ2n) is 5.73. The van der Waals surface area contributed by atoms with Gasteiger partial charge in [0.1, 0.15) is 12.4 Å². The van der Waals surface area contributed by atoms with E-state index >= 15 is 0 Å². The van der Waals surface area contributed by atoms with Gasteiger partial charge in [-0.25, -0.2) is 0 Å². The molecule has 0 amide bonds. The van der Waals surface area contributed by atoms with Crippen molar-refractivity contribution in [2.75, 3.05) is 0 Å². The molecule has 0 aliphatic heterocycles. The molecule has 4 unspecified atom stereocenters. The van der Waals surface area contributed by atoms with Crippen molar-refractivity contribution in [3.8, 4) is 0 Å². The molecule has 0 spiro atoms. The Hall–Kier alpha value is -1.92. The lowest BCUT2D eigenvalue weighted by molar-refractivity contribution is -0.188. The lowest BCUT2D eigenvalue weighted by Crippen LogP contribution is -2.47. The van der Waals surface area contributed by atoms with Crippen LogP contribution in [0.4, 0.5) is 0 Å². The predicted molar refractivity (Wildman–Crippen MR) is 83.9 cm³/mol. The number of ether oxygens (including phenoxy) is 3. The van der Waals surface area contributed by atoms with Gasteiger partial charge in [-0.15, -0.1) is 0 Å².